The highest BCUT2D eigenvalue weighted by molar-refractivity contribution is 5.69. The molecule has 3 aliphatic rings. The Morgan fingerprint density at radius 1 is 1.33 bits per heavy atom. The van der Waals surface area contributed by atoms with Gasteiger partial charge in [-0.1, -0.05) is 19.3 Å². The maximum absolute atomic E-state index is 11.1. The Labute approximate surface area is 108 Å². The highest BCUT2D eigenvalue weighted by atomic mass is 16.6. The van der Waals surface area contributed by atoms with Crippen molar-refractivity contribution >= 4 is 6.09 Å². The van der Waals surface area contributed by atoms with Crippen molar-refractivity contribution in [2.24, 2.45) is 0 Å². The van der Waals surface area contributed by atoms with Gasteiger partial charge in [0.2, 0.25) is 0 Å². The second-order valence-corrected chi connectivity index (χ2v) is 5.82. The Morgan fingerprint density at radius 2 is 2.17 bits per heavy atom. The van der Waals surface area contributed by atoms with Crippen LogP contribution >= 0.6 is 0 Å². The molecule has 2 saturated heterocycles. The van der Waals surface area contributed by atoms with E-state index in [-0.39, 0.29) is 12.2 Å². The van der Waals surface area contributed by atoms with Crippen molar-refractivity contribution in [3.8, 4) is 0 Å². The lowest BCUT2D eigenvalue weighted by Crippen LogP contribution is -2.63. The van der Waals surface area contributed by atoms with Gasteiger partial charge >= 0.3 is 6.09 Å². The van der Waals surface area contributed by atoms with Crippen LogP contribution in [-0.2, 0) is 4.74 Å². The molecule has 5 heteroatoms. The van der Waals surface area contributed by atoms with Crippen LogP contribution in [0.3, 0.4) is 0 Å². The van der Waals surface area contributed by atoms with Gasteiger partial charge in [-0.2, -0.15) is 0 Å². The largest absolute Gasteiger partial charge is 0.443 e. The topological polar surface area (TPSA) is 53.6 Å². The summed E-state index contributed by atoms with van der Waals surface area (Å²) >= 11 is 0. The highest BCUT2D eigenvalue weighted by Gasteiger charge is 2.41. The second kappa shape index (κ2) is 5.05. The first-order valence-corrected chi connectivity index (χ1v) is 7.19. The van der Waals surface area contributed by atoms with E-state index in [0.29, 0.717) is 12.1 Å². The van der Waals surface area contributed by atoms with Gasteiger partial charge in [0.15, 0.2) is 0 Å². The number of nitrogens with zero attached hydrogens (tertiary/aromatic N) is 1. The molecule has 3 rings (SSSR count). The molecule has 3 fully saturated rings. The lowest BCUT2D eigenvalue weighted by atomic mass is 9.79. The number of alkyl carbamates (subject to hydrolysis) is 1. The summed E-state index contributed by atoms with van der Waals surface area (Å²) in [5.41, 5.74) is 0.325. The van der Waals surface area contributed by atoms with E-state index in [2.05, 4.69) is 15.5 Å². The summed E-state index contributed by atoms with van der Waals surface area (Å²) in [6, 6.07) is 0. The van der Waals surface area contributed by atoms with E-state index >= 15 is 0 Å². The molecule has 0 aromatic rings. The van der Waals surface area contributed by atoms with Crippen LogP contribution in [0, 0.1) is 0 Å². The molecule has 0 aromatic heterocycles. The van der Waals surface area contributed by atoms with Crippen molar-refractivity contribution in [3.63, 3.8) is 0 Å². The first kappa shape index (κ1) is 12.2. The fourth-order valence-corrected chi connectivity index (χ4v) is 3.65. The average molecular weight is 253 g/mol. The van der Waals surface area contributed by atoms with Gasteiger partial charge in [-0.25, -0.2) is 4.79 Å². The van der Waals surface area contributed by atoms with Crippen LogP contribution in [-0.4, -0.2) is 55.4 Å². The number of nitrogens with one attached hydrogen (secondary N) is 2. The number of rotatable bonds is 2. The highest BCUT2D eigenvalue weighted by Crippen LogP contribution is 2.34. The molecule has 0 aromatic carbocycles. The van der Waals surface area contributed by atoms with Gasteiger partial charge in [-0.3, -0.25) is 4.90 Å². The van der Waals surface area contributed by atoms with E-state index in [1.807, 2.05) is 0 Å². The number of carbonyl (C=O) groups is 1. The number of carbonyl (C=O) groups excluding carboxylic acids is 1. The summed E-state index contributed by atoms with van der Waals surface area (Å²) in [4.78, 5) is 13.7. The number of cyclic esters (lactones) is 1. The van der Waals surface area contributed by atoms with E-state index < -0.39 is 0 Å². The molecule has 1 aliphatic carbocycles. The number of hydrogen-bond acceptors (Lipinski definition) is 4. The molecule has 1 saturated carbocycles. The number of ether oxygens (including phenoxy) is 1. The van der Waals surface area contributed by atoms with Crippen LogP contribution in [0.4, 0.5) is 4.79 Å². The molecule has 5 nitrogen and oxygen atoms in total. The normalized spacial score (nSPS) is 32.2. The summed E-state index contributed by atoms with van der Waals surface area (Å²) in [5, 5.41) is 6.29. The van der Waals surface area contributed by atoms with Gasteiger partial charge in [0.05, 0.1) is 6.54 Å². The van der Waals surface area contributed by atoms with Crippen molar-refractivity contribution in [1.29, 1.82) is 0 Å². The molecule has 1 unspecified atom stereocenters. The summed E-state index contributed by atoms with van der Waals surface area (Å²) in [6.45, 7) is 4.78. The molecule has 0 bridgehead atoms. The Balaban J connectivity index is 1.65. The average Bonchev–Trinajstić information content (AvgIpc) is 2.79. The number of piperazine rings is 1. The lowest BCUT2D eigenvalue weighted by molar-refractivity contribution is -0.000832. The third-order valence-corrected chi connectivity index (χ3v) is 4.64. The number of amides is 1. The quantitative estimate of drug-likeness (QED) is 0.761. The van der Waals surface area contributed by atoms with Crippen LogP contribution in [0.25, 0.3) is 0 Å². The second-order valence-electron chi connectivity index (χ2n) is 5.82. The third kappa shape index (κ3) is 2.34. The molecule has 0 radical (unpaired) electrons. The minimum Gasteiger partial charge on any atom is -0.443 e. The number of hydrogen-bond donors (Lipinski definition) is 2. The Bertz CT molecular complexity index is 307. The first-order chi connectivity index (χ1) is 8.78. The van der Waals surface area contributed by atoms with Crippen molar-refractivity contribution < 1.29 is 9.53 Å². The molecule has 18 heavy (non-hydrogen) atoms. The third-order valence-electron chi connectivity index (χ3n) is 4.64. The molecule has 1 amide bonds. The predicted molar refractivity (Wildman–Crippen MR) is 68.5 cm³/mol. The van der Waals surface area contributed by atoms with Gasteiger partial charge in [-0.15, -0.1) is 0 Å². The summed E-state index contributed by atoms with van der Waals surface area (Å²) < 4.78 is 5.29. The molecule has 2 heterocycles. The molecule has 2 N–H and O–H groups in total. The summed E-state index contributed by atoms with van der Waals surface area (Å²) in [6.07, 6.45) is 6.39. The molecule has 1 spiro atoms. The Hall–Kier alpha value is -0.810. The van der Waals surface area contributed by atoms with E-state index in [9.17, 15) is 4.79 Å². The van der Waals surface area contributed by atoms with Crippen molar-refractivity contribution in [2.45, 2.75) is 43.7 Å². The van der Waals surface area contributed by atoms with E-state index in [0.717, 1.165) is 26.2 Å². The molecule has 2 aliphatic heterocycles. The monoisotopic (exact) mass is 253 g/mol. The van der Waals surface area contributed by atoms with E-state index in [1.54, 1.807) is 0 Å². The smallest absolute Gasteiger partial charge is 0.407 e. The molecular formula is C13H23N3O2. The minimum atomic E-state index is -0.257. The molecular weight excluding hydrogens is 230 g/mol. The van der Waals surface area contributed by atoms with Crippen molar-refractivity contribution in [1.82, 2.24) is 15.5 Å². The predicted octanol–water partition coefficient (Wildman–Crippen LogP) is 0.703. The Morgan fingerprint density at radius 3 is 2.89 bits per heavy atom. The van der Waals surface area contributed by atoms with Crippen LogP contribution in [0.2, 0.25) is 0 Å². The fourth-order valence-electron chi connectivity index (χ4n) is 3.65. The summed E-state index contributed by atoms with van der Waals surface area (Å²) in [5.74, 6) is 0. The molecule has 1 atom stereocenters. The van der Waals surface area contributed by atoms with Crippen LogP contribution in [0.5, 0.6) is 0 Å². The van der Waals surface area contributed by atoms with Gasteiger partial charge in [-0.05, 0) is 12.8 Å². The zero-order valence-corrected chi connectivity index (χ0v) is 10.9. The maximum atomic E-state index is 11.1. The molecule has 102 valence electrons. The minimum absolute atomic E-state index is 0.0365. The zero-order valence-electron chi connectivity index (χ0n) is 10.9. The van der Waals surface area contributed by atoms with E-state index in [4.69, 9.17) is 4.74 Å². The summed E-state index contributed by atoms with van der Waals surface area (Å²) in [7, 11) is 0. The van der Waals surface area contributed by atoms with Crippen molar-refractivity contribution in [2.75, 3.05) is 32.7 Å². The SMILES string of the molecule is O=C1NCC(CN2CCNCC23CCCCC3)O1. The van der Waals surface area contributed by atoms with Crippen LogP contribution in [0.1, 0.15) is 32.1 Å². The zero-order chi connectivity index (χ0) is 12.4. The maximum Gasteiger partial charge on any atom is 0.407 e. The van der Waals surface area contributed by atoms with Crippen LogP contribution in [0.15, 0.2) is 0 Å². The first-order valence-electron chi connectivity index (χ1n) is 7.19. The van der Waals surface area contributed by atoms with Gasteiger partial charge in [0, 0.05) is 31.7 Å². The lowest BCUT2D eigenvalue weighted by Gasteiger charge is -2.50. The van der Waals surface area contributed by atoms with E-state index in [1.165, 1.54) is 32.1 Å². The van der Waals surface area contributed by atoms with Gasteiger partial charge < -0.3 is 15.4 Å². The van der Waals surface area contributed by atoms with Crippen molar-refractivity contribution in [3.05, 3.63) is 0 Å². The van der Waals surface area contributed by atoms with Gasteiger partial charge in [0.1, 0.15) is 6.10 Å². The van der Waals surface area contributed by atoms with Crippen LogP contribution < -0.4 is 10.6 Å². The van der Waals surface area contributed by atoms with Gasteiger partial charge in [0.25, 0.3) is 0 Å². The standard InChI is InChI=1S/C13H23N3O2/c17-12-15-8-11(18-12)9-16-7-6-14-10-13(16)4-2-1-3-5-13/h11,14H,1-10H2,(H,15,17). The Kier molecular flexibility index (Phi) is 3.43. The fraction of sp³-hybridized carbons (Fsp3) is 0.923.